The van der Waals surface area contributed by atoms with Crippen LogP contribution in [0.15, 0.2) is 18.2 Å². The third-order valence-electron chi connectivity index (χ3n) is 2.97. The van der Waals surface area contributed by atoms with Gasteiger partial charge in [0.1, 0.15) is 0 Å². The first-order valence-corrected chi connectivity index (χ1v) is 9.32. The van der Waals surface area contributed by atoms with Crippen LogP contribution in [0.1, 0.15) is 6.42 Å². The van der Waals surface area contributed by atoms with Gasteiger partial charge in [0.2, 0.25) is 5.91 Å². The summed E-state index contributed by atoms with van der Waals surface area (Å²) in [5, 5.41) is 6.20. The standard InChI is InChI=1S/C12H14ClIN2O3S/c13-10-5-8(14)1-2-11(10)15-6-12(17)16-9-3-4-20(18,19)7-9/h1-2,5,9,15H,3-4,6-7H2,(H,16,17)/t9-/m0/s1. The summed E-state index contributed by atoms with van der Waals surface area (Å²) in [7, 11) is -2.98. The summed E-state index contributed by atoms with van der Waals surface area (Å²) in [4.78, 5) is 11.7. The lowest BCUT2D eigenvalue weighted by atomic mass is 10.2. The van der Waals surface area contributed by atoms with E-state index in [0.29, 0.717) is 17.1 Å². The third kappa shape index (κ3) is 4.49. The normalized spacial score (nSPS) is 20.6. The first-order valence-electron chi connectivity index (χ1n) is 6.04. The van der Waals surface area contributed by atoms with Gasteiger partial charge >= 0.3 is 0 Å². The maximum atomic E-state index is 11.7. The maximum Gasteiger partial charge on any atom is 0.239 e. The third-order valence-corrected chi connectivity index (χ3v) is 5.72. The second-order valence-electron chi connectivity index (χ2n) is 4.65. The zero-order chi connectivity index (χ0) is 14.8. The first kappa shape index (κ1) is 15.8. The van der Waals surface area contributed by atoms with Crippen LogP contribution in [0.4, 0.5) is 5.69 Å². The Hall–Kier alpha value is -0.540. The van der Waals surface area contributed by atoms with E-state index in [-0.39, 0.29) is 30.0 Å². The van der Waals surface area contributed by atoms with Gasteiger partial charge in [-0.3, -0.25) is 4.79 Å². The molecule has 5 nitrogen and oxygen atoms in total. The molecule has 1 aromatic rings. The Kier molecular flexibility index (Phi) is 5.14. The van der Waals surface area contributed by atoms with E-state index in [9.17, 15) is 13.2 Å². The van der Waals surface area contributed by atoms with E-state index in [1.165, 1.54) is 0 Å². The Bertz CT molecular complexity index is 621. The predicted octanol–water partition coefficient (Wildman–Crippen LogP) is 1.66. The average molecular weight is 429 g/mol. The quantitative estimate of drug-likeness (QED) is 0.715. The van der Waals surface area contributed by atoms with Crippen LogP contribution in [0.2, 0.25) is 5.02 Å². The smallest absolute Gasteiger partial charge is 0.239 e. The molecule has 0 bridgehead atoms. The van der Waals surface area contributed by atoms with Crippen LogP contribution in [0.25, 0.3) is 0 Å². The van der Waals surface area contributed by atoms with Crippen molar-refractivity contribution < 1.29 is 13.2 Å². The van der Waals surface area contributed by atoms with E-state index < -0.39 is 9.84 Å². The molecular formula is C12H14ClIN2O3S. The van der Waals surface area contributed by atoms with Crippen LogP contribution in [0, 0.1) is 3.57 Å². The first-order chi connectivity index (χ1) is 9.35. The summed E-state index contributed by atoms with van der Waals surface area (Å²) in [6.45, 7) is 0.0663. The molecule has 2 N–H and O–H groups in total. The molecule has 1 saturated heterocycles. The highest BCUT2D eigenvalue weighted by Gasteiger charge is 2.28. The van der Waals surface area contributed by atoms with Crippen LogP contribution >= 0.6 is 34.2 Å². The van der Waals surface area contributed by atoms with Crippen LogP contribution < -0.4 is 10.6 Å². The zero-order valence-electron chi connectivity index (χ0n) is 10.5. The fourth-order valence-corrected chi connectivity index (χ4v) is 4.59. The van der Waals surface area contributed by atoms with Gasteiger partial charge in [-0.25, -0.2) is 8.42 Å². The average Bonchev–Trinajstić information content (AvgIpc) is 2.67. The summed E-state index contributed by atoms with van der Waals surface area (Å²) < 4.78 is 23.6. The number of hydrogen-bond donors (Lipinski definition) is 2. The largest absolute Gasteiger partial charge is 0.375 e. The maximum absolute atomic E-state index is 11.7. The summed E-state index contributed by atoms with van der Waals surface area (Å²) in [5.74, 6) is -0.0566. The molecule has 1 heterocycles. The lowest BCUT2D eigenvalue weighted by molar-refractivity contribution is -0.119. The number of rotatable bonds is 4. The molecule has 110 valence electrons. The molecule has 0 unspecified atom stereocenters. The molecule has 0 spiro atoms. The van der Waals surface area contributed by atoms with Crippen molar-refractivity contribution in [1.29, 1.82) is 0 Å². The number of benzene rings is 1. The number of anilines is 1. The molecule has 2 rings (SSSR count). The van der Waals surface area contributed by atoms with Gasteiger partial charge in [0, 0.05) is 9.61 Å². The van der Waals surface area contributed by atoms with Crippen molar-refractivity contribution in [3.63, 3.8) is 0 Å². The van der Waals surface area contributed by atoms with Gasteiger partial charge in [-0.2, -0.15) is 0 Å². The monoisotopic (exact) mass is 428 g/mol. The fraction of sp³-hybridized carbons (Fsp3) is 0.417. The second-order valence-corrected chi connectivity index (χ2v) is 8.53. The Morgan fingerprint density at radius 3 is 2.80 bits per heavy atom. The Morgan fingerprint density at radius 1 is 1.45 bits per heavy atom. The van der Waals surface area contributed by atoms with E-state index in [1.54, 1.807) is 12.1 Å². The molecule has 1 amide bonds. The Morgan fingerprint density at radius 2 is 2.20 bits per heavy atom. The summed E-state index contributed by atoms with van der Waals surface area (Å²) in [6, 6.07) is 5.21. The molecule has 1 fully saturated rings. The lowest BCUT2D eigenvalue weighted by Gasteiger charge is -2.12. The number of carbonyl (C=O) groups excluding carboxylic acids is 1. The summed E-state index contributed by atoms with van der Waals surface area (Å²) in [6.07, 6.45) is 0.484. The molecule has 8 heteroatoms. The number of carbonyl (C=O) groups is 1. The van der Waals surface area contributed by atoms with Crippen LogP contribution in [0.5, 0.6) is 0 Å². The van der Waals surface area contributed by atoms with Gasteiger partial charge in [0.15, 0.2) is 9.84 Å². The van der Waals surface area contributed by atoms with Crippen LogP contribution in [-0.2, 0) is 14.6 Å². The predicted molar refractivity (Wildman–Crippen MR) is 87.9 cm³/mol. The number of halogens is 2. The van der Waals surface area contributed by atoms with E-state index in [4.69, 9.17) is 11.6 Å². The molecule has 0 saturated carbocycles. The fourth-order valence-electron chi connectivity index (χ4n) is 2.00. The minimum Gasteiger partial charge on any atom is -0.375 e. The van der Waals surface area contributed by atoms with Gasteiger partial charge in [0.05, 0.1) is 28.8 Å². The van der Waals surface area contributed by atoms with Crippen molar-refractivity contribution in [3.05, 3.63) is 26.8 Å². The van der Waals surface area contributed by atoms with Gasteiger partial charge in [0.25, 0.3) is 0 Å². The molecule has 20 heavy (non-hydrogen) atoms. The highest BCUT2D eigenvalue weighted by Crippen LogP contribution is 2.23. The molecule has 1 atom stereocenters. The zero-order valence-corrected chi connectivity index (χ0v) is 14.3. The van der Waals surface area contributed by atoms with Crippen molar-refractivity contribution in [2.75, 3.05) is 23.4 Å². The second kappa shape index (κ2) is 6.48. The SMILES string of the molecule is O=C(CNc1ccc(I)cc1Cl)N[C@H]1CCS(=O)(=O)C1. The molecule has 0 radical (unpaired) electrons. The number of nitrogens with one attached hydrogen (secondary N) is 2. The Labute approximate surface area is 136 Å². The van der Waals surface area contributed by atoms with Crippen molar-refractivity contribution in [2.24, 2.45) is 0 Å². The van der Waals surface area contributed by atoms with E-state index in [2.05, 4.69) is 33.2 Å². The molecule has 0 aromatic heterocycles. The lowest BCUT2D eigenvalue weighted by Crippen LogP contribution is -2.39. The van der Waals surface area contributed by atoms with Gasteiger partial charge in [-0.1, -0.05) is 11.6 Å². The summed E-state index contributed by atoms with van der Waals surface area (Å²) >= 11 is 8.19. The molecule has 0 aliphatic carbocycles. The molecule has 1 aliphatic rings. The van der Waals surface area contributed by atoms with E-state index >= 15 is 0 Å². The van der Waals surface area contributed by atoms with Crippen molar-refractivity contribution in [2.45, 2.75) is 12.5 Å². The molecular weight excluding hydrogens is 415 g/mol. The van der Waals surface area contributed by atoms with Crippen molar-refractivity contribution in [3.8, 4) is 0 Å². The van der Waals surface area contributed by atoms with Crippen LogP contribution in [0.3, 0.4) is 0 Å². The number of amides is 1. The van der Waals surface area contributed by atoms with Gasteiger partial charge in [-0.15, -0.1) is 0 Å². The number of hydrogen-bond acceptors (Lipinski definition) is 4. The van der Waals surface area contributed by atoms with Crippen molar-refractivity contribution in [1.82, 2.24) is 5.32 Å². The summed E-state index contributed by atoms with van der Waals surface area (Å²) in [5.41, 5.74) is 0.682. The molecule has 1 aliphatic heterocycles. The highest BCUT2D eigenvalue weighted by molar-refractivity contribution is 14.1. The van der Waals surface area contributed by atoms with Crippen LogP contribution in [-0.4, -0.2) is 38.4 Å². The highest BCUT2D eigenvalue weighted by atomic mass is 127. The minimum absolute atomic E-state index is 0.0308. The molecule has 1 aromatic carbocycles. The Balaban J connectivity index is 1.84. The minimum atomic E-state index is -2.98. The van der Waals surface area contributed by atoms with E-state index in [0.717, 1.165) is 3.57 Å². The van der Waals surface area contributed by atoms with Gasteiger partial charge < -0.3 is 10.6 Å². The topological polar surface area (TPSA) is 75.3 Å². The van der Waals surface area contributed by atoms with Crippen molar-refractivity contribution >= 4 is 55.6 Å². The van der Waals surface area contributed by atoms with E-state index in [1.807, 2.05) is 6.07 Å². The van der Waals surface area contributed by atoms with Gasteiger partial charge in [-0.05, 0) is 47.2 Å². The number of sulfone groups is 1.